The van der Waals surface area contributed by atoms with Crippen LogP contribution in [0, 0.1) is 0 Å². The molecule has 0 N–H and O–H groups in total. The Kier molecular flexibility index (Phi) is 4.82. The lowest BCUT2D eigenvalue weighted by molar-refractivity contribution is -0.124. The van der Waals surface area contributed by atoms with Gasteiger partial charge in [-0.05, 0) is 25.5 Å². The molecule has 0 atom stereocenters. The highest BCUT2D eigenvalue weighted by Gasteiger charge is 2.10. The predicted octanol–water partition coefficient (Wildman–Crippen LogP) is 2.15. The molecule has 0 rings (SSSR count). The largest absolute Gasteiger partial charge is 0.345 e. The fourth-order valence-electron chi connectivity index (χ4n) is 0.829. The highest BCUT2D eigenvalue weighted by atomic mass is 16.2. The Hall–Kier alpha value is -1.31. The topological polar surface area (TPSA) is 20.3 Å². The lowest BCUT2D eigenvalue weighted by Crippen LogP contribution is -2.23. The van der Waals surface area contributed by atoms with Crippen LogP contribution in [0.4, 0.5) is 0 Å². The molecule has 2 heteroatoms. The molecule has 0 unspecified atom stereocenters. The molecular weight excluding hydrogens is 162 g/mol. The zero-order valence-electron chi connectivity index (χ0n) is 8.79. The minimum Gasteiger partial charge on any atom is -0.345 e. The number of hydrogen-bond acceptors (Lipinski definition) is 1. The third kappa shape index (κ3) is 3.74. The van der Waals surface area contributed by atoms with Crippen molar-refractivity contribution in [2.75, 3.05) is 14.1 Å². The van der Waals surface area contributed by atoms with Gasteiger partial charge in [0.05, 0.1) is 0 Å². The van der Waals surface area contributed by atoms with E-state index in [1.165, 1.54) is 0 Å². The summed E-state index contributed by atoms with van der Waals surface area (Å²) < 4.78 is 0. The van der Waals surface area contributed by atoms with Crippen LogP contribution < -0.4 is 0 Å². The van der Waals surface area contributed by atoms with E-state index in [2.05, 4.69) is 6.58 Å². The number of rotatable bonds is 3. The van der Waals surface area contributed by atoms with Crippen molar-refractivity contribution in [1.82, 2.24) is 4.90 Å². The Bertz CT molecular complexity index is 259. The second kappa shape index (κ2) is 5.36. The second-order valence-corrected chi connectivity index (χ2v) is 3.09. The number of likely N-dealkylation sites (N-methyl/N-ethyl adjacent to an activating group) is 1. The van der Waals surface area contributed by atoms with E-state index in [0.717, 1.165) is 5.57 Å². The summed E-state index contributed by atoms with van der Waals surface area (Å²) in [6, 6.07) is 0. The Labute approximate surface area is 80.2 Å². The van der Waals surface area contributed by atoms with Gasteiger partial charge in [0.15, 0.2) is 0 Å². The van der Waals surface area contributed by atoms with Gasteiger partial charge in [0.2, 0.25) is 0 Å². The highest BCUT2D eigenvalue weighted by molar-refractivity contribution is 5.97. The monoisotopic (exact) mass is 179 g/mol. The van der Waals surface area contributed by atoms with Gasteiger partial charge in [-0.2, -0.15) is 0 Å². The average Bonchev–Trinajstić information content (AvgIpc) is 2.04. The van der Waals surface area contributed by atoms with E-state index < -0.39 is 0 Å². The molecule has 0 radical (unpaired) electrons. The lowest BCUT2D eigenvalue weighted by Gasteiger charge is -2.12. The maximum Gasteiger partial charge on any atom is 0.253 e. The van der Waals surface area contributed by atoms with Gasteiger partial charge < -0.3 is 4.90 Å². The van der Waals surface area contributed by atoms with Gasteiger partial charge in [-0.1, -0.05) is 18.7 Å². The fraction of sp³-hybridized carbons (Fsp3) is 0.364. The molecular formula is C11H17NO. The van der Waals surface area contributed by atoms with E-state index in [1.54, 1.807) is 25.1 Å². The van der Waals surface area contributed by atoms with Crippen LogP contribution in [0.3, 0.4) is 0 Å². The molecule has 0 aliphatic heterocycles. The van der Waals surface area contributed by atoms with Crippen LogP contribution in [0.15, 0.2) is 36.0 Å². The summed E-state index contributed by atoms with van der Waals surface area (Å²) in [7, 11) is 3.46. The summed E-state index contributed by atoms with van der Waals surface area (Å²) in [6.07, 6.45) is 5.50. The van der Waals surface area contributed by atoms with E-state index in [1.807, 2.05) is 26.0 Å². The quantitative estimate of drug-likeness (QED) is 0.480. The first-order chi connectivity index (χ1) is 6.00. The molecule has 0 bridgehead atoms. The molecule has 0 fully saturated rings. The standard InChI is InChI=1S/C11H17NO/c1-6-7-8-10(9(2)3)11(13)12(4)5/h6-8H,2H2,1,3-5H3/b7-6-,10-8+. The van der Waals surface area contributed by atoms with Gasteiger partial charge >= 0.3 is 0 Å². The van der Waals surface area contributed by atoms with Crippen LogP contribution in [0.25, 0.3) is 0 Å². The molecule has 1 amide bonds. The van der Waals surface area contributed by atoms with Crippen LogP contribution in [0.5, 0.6) is 0 Å². The summed E-state index contributed by atoms with van der Waals surface area (Å²) in [5.41, 5.74) is 1.44. The summed E-state index contributed by atoms with van der Waals surface area (Å²) in [5, 5.41) is 0. The predicted molar refractivity (Wildman–Crippen MR) is 56.4 cm³/mol. The third-order valence-electron chi connectivity index (χ3n) is 1.55. The molecule has 13 heavy (non-hydrogen) atoms. The first-order valence-corrected chi connectivity index (χ1v) is 4.21. The maximum absolute atomic E-state index is 11.6. The van der Waals surface area contributed by atoms with Crippen molar-refractivity contribution in [3.05, 3.63) is 36.0 Å². The molecule has 2 nitrogen and oxygen atoms in total. The summed E-state index contributed by atoms with van der Waals surface area (Å²) >= 11 is 0. The van der Waals surface area contributed by atoms with Crippen molar-refractivity contribution in [3.63, 3.8) is 0 Å². The number of nitrogens with zero attached hydrogens (tertiary/aromatic N) is 1. The van der Waals surface area contributed by atoms with Crippen molar-refractivity contribution in [1.29, 1.82) is 0 Å². The zero-order valence-corrected chi connectivity index (χ0v) is 8.79. The number of carbonyl (C=O) groups is 1. The molecule has 0 aromatic rings. The minimum absolute atomic E-state index is 0.00870. The maximum atomic E-state index is 11.6. The van der Waals surface area contributed by atoms with Gasteiger partial charge in [-0.15, -0.1) is 0 Å². The van der Waals surface area contributed by atoms with Crippen LogP contribution in [0.2, 0.25) is 0 Å². The van der Waals surface area contributed by atoms with Gasteiger partial charge in [0, 0.05) is 19.7 Å². The van der Waals surface area contributed by atoms with E-state index >= 15 is 0 Å². The van der Waals surface area contributed by atoms with Crippen molar-refractivity contribution in [3.8, 4) is 0 Å². The normalized spacial score (nSPS) is 11.8. The molecule has 0 aromatic heterocycles. The number of allylic oxidation sites excluding steroid dienone is 3. The molecule has 0 aromatic carbocycles. The van der Waals surface area contributed by atoms with Crippen molar-refractivity contribution < 1.29 is 4.79 Å². The molecule has 0 aliphatic carbocycles. The molecule has 0 spiro atoms. The summed E-state index contributed by atoms with van der Waals surface area (Å²) in [4.78, 5) is 13.1. The second-order valence-electron chi connectivity index (χ2n) is 3.09. The number of amides is 1. The molecule has 0 saturated carbocycles. The van der Waals surface area contributed by atoms with Gasteiger partial charge in [0.25, 0.3) is 5.91 Å². The first-order valence-electron chi connectivity index (χ1n) is 4.21. The van der Waals surface area contributed by atoms with E-state index in [4.69, 9.17) is 0 Å². The Morgan fingerprint density at radius 2 is 1.92 bits per heavy atom. The minimum atomic E-state index is -0.00870. The zero-order chi connectivity index (χ0) is 10.4. The summed E-state index contributed by atoms with van der Waals surface area (Å²) in [5.74, 6) is -0.00870. The Balaban J connectivity index is 4.82. The Morgan fingerprint density at radius 1 is 1.38 bits per heavy atom. The number of carbonyl (C=O) groups excluding carboxylic acids is 1. The van der Waals surface area contributed by atoms with Crippen molar-refractivity contribution in [2.45, 2.75) is 13.8 Å². The van der Waals surface area contributed by atoms with Gasteiger partial charge in [-0.25, -0.2) is 0 Å². The fourth-order valence-corrected chi connectivity index (χ4v) is 0.829. The highest BCUT2D eigenvalue weighted by Crippen LogP contribution is 2.09. The van der Waals surface area contributed by atoms with Crippen LogP contribution in [0.1, 0.15) is 13.8 Å². The van der Waals surface area contributed by atoms with E-state index in [-0.39, 0.29) is 5.91 Å². The molecule has 72 valence electrons. The van der Waals surface area contributed by atoms with Crippen LogP contribution >= 0.6 is 0 Å². The lowest BCUT2D eigenvalue weighted by atomic mass is 10.1. The third-order valence-corrected chi connectivity index (χ3v) is 1.55. The smallest absolute Gasteiger partial charge is 0.253 e. The van der Waals surface area contributed by atoms with Crippen LogP contribution in [-0.2, 0) is 4.79 Å². The van der Waals surface area contributed by atoms with E-state index in [0.29, 0.717) is 5.57 Å². The molecule has 0 heterocycles. The van der Waals surface area contributed by atoms with Gasteiger partial charge in [0.1, 0.15) is 0 Å². The van der Waals surface area contributed by atoms with Crippen molar-refractivity contribution in [2.24, 2.45) is 0 Å². The summed E-state index contributed by atoms with van der Waals surface area (Å²) in [6.45, 7) is 7.50. The van der Waals surface area contributed by atoms with Crippen LogP contribution in [-0.4, -0.2) is 24.9 Å². The molecule has 0 aliphatic rings. The first kappa shape index (κ1) is 11.7. The van der Waals surface area contributed by atoms with Crippen molar-refractivity contribution >= 4 is 5.91 Å². The molecule has 0 saturated heterocycles. The van der Waals surface area contributed by atoms with Gasteiger partial charge in [-0.3, -0.25) is 4.79 Å². The van der Waals surface area contributed by atoms with E-state index in [9.17, 15) is 4.79 Å². The average molecular weight is 179 g/mol. The SMILES string of the molecule is C=C(C)/C(=C\C=C/C)C(=O)N(C)C. The number of hydrogen-bond donors (Lipinski definition) is 0. The Morgan fingerprint density at radius 3 is 2.23 bits per heavy atom.